The number of carbonyl (C=O) groups excluding carboxylic acids is 3. The van der Waals surface area contributed by atoms with E-state index < -0.39 is 17.9 Å². The highest BCUT2D eigenvalue weighted by molar-refractivity contribution is 5.86. The molecular formula is C36H42N2O5. The van der Waals surface area contributed by atoms with Gasteiger partial charge in [0.05, 0.1) is 24.5 Å². The van der Waals surface area contributed by atoms with Crippen LogP contribution in [0.2, 0.25) is 0 Å². The second kappa shape index (κ2) is 18.1. The number of nitrogens with one attached hydrogen (secondary N) is 1. The number of hydrogen-bond donors (Lipinski definition) is 2. The summed E-state index contributed by atoms with van der Waals surface area (Å²) in [6.45, 7) is 7.83. The average Bonchev–Trinajstić information content (AvgIpc) is 3.03. The van der Waals surface area contributed by atoms with Crippen LogP contribution in [0.3, 0.4) is 0 Å². The van der Waals surface area contributed by atoms with Crippen LogP contribution in [0.25, 0.3) is 0 Å². The Bertz CT molecular complexity index is 1300. The molecule has 226 valence electrons. The SMILES string of the molecule is C=CCC(CC(=O)N(CCO)Cc1ccccc1)C(=O)NC(COC(=O)C(CC=C)Cc1ccccc1)c1ccccc1. The number of carbonyl (C=O) groups is 3. The van der Waals surface area contributed by atoms with E-state index in [1.807, 2.05) is 91.0 Å². The Morgan fingerprint density at radius 1 is 0.814 bits per heavy atom. The summed E-state index contributed by atoms with van der Waals surface area (Å²) in [6, 6.07) is 27.9. The van der Waals surface area contributed by atoms with Gasteiger partial charge < -0.3 is 20.1 Å². The lowest BCUT2D eigenvalue weighted by atomic mass is 9.96. The summed E-state index contributed by atoms with van der Waals surface area (Å²) >= 11 is 0. The molecule has 3 rings (SSSR count). The van der Waals surface area contributed by atoms with Gasteiger partial charge in [-0.1, -0.05) is 103 Å². The Balaban J connectivity index is 1.71. The molecule has 43 heavy (non-hydrogen) atoms. The van der Waals surface area contributed by atoms with Gasteiger partial charge in [-0.15, -0.1) is 13.2 Å². The third kappa shape index (κ3) is 11.0. The highest BCUT2D eigenvalue weighted by Crippen LogP contribution is 2.21. The molecule has 0 fully saturated rings. The third-order valence-corrected chi connectivity index (χ3v) is 7.20. The van der Waals surface area contributed by atoms with Gasteiger partial charge in [0, 0.05) is 19.5 Å². The molecule has 0 bridgehead atoms. The molecule has 3 aromatic rings. The molecule has 3 unspecified atom stereocenters. The van der Waals surface area contributed by atoms with Crippen LogP contribution in [0.4, 0.5) is 0 Å². The van der Waals surface area contributed by atoms with Crippen molar-refractivity contribution in [3.05, 3.63) is 133 Å². The van der Waals surface area contributed by atoms with E-state index in [2.05, 4.69) is 18.5 Å². The molecule has 2 N–H and O–H groups in total. The zero-order valence-electron chi connectivity index (χ0n) is 24.6. The molecule has 3 aromatic carbocycles. The highest BCUT2D eigenvalue weighted by atomic mass is 16.5. The molecule has 0 radical (unpaired) electrons. The van der Waals surface area contributed by atoms with E-state index in [4.69, 9.17) is 4.74 Å². The van der Waals surface area contributed by atoms with Gasteiger partial charge in [0.2, 0.25) is 11.8 Å². The number of nitrogens with zero attached hydrogens (tertiary/aromatic N) is 1. The Morgan fingerprint density at radius 2 is 1.37 bits per heavy atom. The Hall–Kier alpha value is -4.49. The molecule has 0 aliphatic heterocycles. The van der Waals surface area contributed by atoms with Crippen molar-refractivity contribution in [2.75, 3.05) is 19.8 Å². The van der Waals surface area contributed by atoms with Gasteiger partial charge in [-0.25, -0.2) is 0 Å². The summed E-state index contributed by atoms with van der Waals surface area (Å²) in [5.74, 6) is -2.03. The molecular weight excluding hydrogens is 540 g/mol. The van der Waals surface area contributed by atoms with E-state index in [0.29, 0.717) is 19.4 Å². The first-order valence-electron chi connectivity index (χ1n) is 14.6. The van der Waals surface area contributed by atoms with Crippen molar-refractivity contribution in [2.45, 2.75) is 38.3 Å². The Labute approximate surface area is 254 Å². The van der Waals surface area contributed by atoms with E-state index in [9.17, 15) is 19.5 Å². The highest BCUT2D eigenvalue weighted by Gasteiger charge is 2.28. The molecule has 2 amide bonds. The smallest absolute Gasteiger partial charge is 0.309 e. The largest absolute Gasteiger partial charge is 0.463 e. The van der Waals surface area contributed by atoms with Crippen molar-refractivity contribution in [2.24, 2.45) is 11.8 Å². The number of amides is 2. The van der Waals surface area contributed by atoms with Crippen molar-refractivity contribution < 1.29 is 24.2 Å². The standard InChI is InChI=1S/C36H42N2O5/c1-3-14-31(25-34(40)38(22-23-39)26-29-18-10-6-11-19-29)35(41)37-33(30-20-12-7-13-21-30)27-43-36(42)32(15-4-2)24-28-16-8-5-9-17-28/h3-13,16-21,31-33,39H,1-2,14-15,22-27H2,(H,37,41). The third-order valence-electron chi connectivity index (χ3n) is 7.20. The van der Waals surface area contributed by atoms with Gasteiger partial charge in [0.15, 0.2) is 0 Å². The lowest BCUT2D eigenvalue weighted by Crippen LogP contribution is -2.40. The van der Waals surface area contributed by atoms with Crippen LogP contribution in [-0.2, 0) is 32.1 Å². The second-order valence-corrected chi connectivity index (χ2v) is 10.5. The minimum absolute atomic E-state index is 0.0511. The van der Waals surface area contributed by atoms with E-state index in [1.54, 1.807) is 17.1 Å². The molecule has 0 spiro atoms. The van der Waals surface area contributed by atoms with Crippen LogP contribution in [0.5, 0.6) is 0 Å². The first kappa shape index (κ1) is 33.0. The van der Waals surface area contributed by atoms with Crippen LogP contribution >= 0.6 is 0 Å². The first-order chi connectivity index (χ1) is 20.9. The van der Waals surface area contributed by atoms with Gasteiger partial charge in [0.25, 0.3) is 0 Å². The summed E-state index contributed by atoms with van der Waals surface area (Å²) in [5, 5.41) is 12.6. The number of ether oxygens (including phenoxy) is 1. The maximum atomic E-state index is 13.6. The summed E-state index contributed by atoms with van der Waals surface area (Å²) in [6.07, 6.45) is 4.55. The molecule has 0 saturated carbocycles. The lowest BCUT2D eigenvalue weighted by Gasteiger charge is -2.26. The van der Waals surface area contributed by atoms with E-state index in [0.717, 1.165) is 16.7 Å². The van der Waals surface area contributed by atoms with Gasteiger partial charge in [-0.3, -0.25) is 14.4 Å². The van der Waals surface area contributed by atoms with Crippen LogP contribution in [0.15, 0.2) is 116 Å². The van der Waals surface area contributed by atoms with Crippen molar-refractivity contribution in [3.8, 4) is 0 Å². The van der Waals surface area contributed by atoms with Crippen LogP contribution in [0, 0.1) is 11.8 Å². The maximum absolute atomic E-state index is 13.6. The monoisotopic (exact) mass is 582 g/mol. The van der Waals surface area contributed by atoms with Crippen molar-refractivity contribution >= 4 is 17.8 Å². The quantitative estimate of drug-likeness (QED) is 0.154. The molecule has 0 heterocycles. The minimum Gasteiger partial charge on any atom is -0.463 e. The number of rotatable bonds is 18. The zero-order chi connectivity index (χ0) is 30.9. The number of esters is 1. The van der Waals surface area contributed by atoms with Crippen LogP contribution < -0.4 is 5.32 Å². The molecule has 0 aromatic heterocycles. The lowest BCUT2D eigenvalue weighted by molar-refractivity contribution is -0.150. The van der Waals surface area contributed by atoms with Gasteiger partial charge in [0.1, 0.15) is 6.61 Å². The van der Waals surface area contributed by atoms with E-state index in [1.165, 1.54) is 0 Å². The van der Waals surface area contributed by atoms with Crippen molar-refractivity contribution in [1.29, 1.82) is 0 Å². The molecule has 0 aliphatic carbocycles. The minimum atomic E-state index is -0.685. The first-order valence-corrected chi connectivity index (χ1v) is 14.6. The van der Waals surface area contributed by atoms with Gasteiger partial charge >= 0.3 is 5.97 Å². The number of hydrogen-bond acceptors (Lipinski definition) is 5. The maximum Gasteiger partial charge on any atom is 0.309 e. The van der Waals surface area contributed by atoms with E-state index in [-0.39, 0.29) is 50.4 Å². The summed E-state index contributed by atoms with van der Waals surface area (Å²) in [4.78, 5) is 41.6. The average molecular weight is 583 g/mol. The summed E-state index contributed by atoms with van der Waals surface area (Å²) in [7, 11) is 0. The predicted molar refractivity (Wildman–Crippen MR) is 169 cm³/mol. The van der Waals surface area contributed by atoms with E-state index >= 15 is 0 Å². The number of aliphatic hydroxyl groups is 1. The van der Waals surface area contributed by atoms with Crippen LogP contribution in [0.1, 0.15) is 42.0 Å². The summed E-state index contributed by atoms with van der Waals surface area (Å²) < 4.78 is 5.78. The number of aliphatic hydroxyl groups excluding tert-OH is 1. The molecule has 7 heteroatoms. The van der Waals surface area contributed by atoms with Crippen LogP contribution in [-0.4, -0.2) is 47.5 Å². The van der Waals surface area contributed by atoms with Crippen molar-refractivity contribution in [1.82, 2.24) is 10.2 Å². The van der Waals surface area contributed by atoms with Gasteiger partial charge in [-0.05, 0) is 36.0 Å². The molecule has 0 aliphatic rings. The number of benzene rings is 3. The van der Waals surface area contributed by atoms with Gasteiger partial charge in [-0.2, -0.15) is 0 Å². The molecule has 3 atom stereocenters. The fourth-order valence-electron chi connectivity index (χ4n) is 4.88. The number of allylic oxidation sites excluding steroid dienone is 2. The fraction of sp³-hybridized carbons (Fsp3) is 0.306. The summed E-state index contributed by atoms with van der Waals surface area (Å²) in [5.41, 5.74) is 2.74. The zero-order valence-corrected chi connectivity index (χ0v) is 24.6. The normalized spacial score (nSPS) is 12.8. The molecule has 0 saturated heterocycles. The topological polar surface area (TPSA) is 95.9 Å². The Morgan fingerprint density at radius 3 is 1.95 bits per heavy atom. The second-order valence-electron chi connectivity index (χ2n) is 10.5. The van der Waals surface area contributed by atoms with Crippen molar-refractivity contribution in [3.63, 3.8) is 0 Å². The molecule has 7 nitrogen and oxygen atoms in total. The predicted octanol–water partition coefficient (Wildman–Crippen LogP) is 5.43. The fourth-order valence-corrected chi connectivity index (χ4v) is 4.88. The Kier molecular flexibility index (Phi) is 13.9.